The maximum absolute atomic E-state index is 5.72. The molecule has 1 fully saturated rings. The second kappa shape index (κ2) is 48.0. The van der Waals surface area contributed by atoms with E-state index in [4.69, 9.17) is 11.6 Å². The second-order valence-electron chi connectivity index (χ2n) is 26.2. The van der Waals surface area contributed by atoms with Gasteiger partial charge >= 0.3 is 0 Å². The van der Waals surface area contributed by atoms with Gasteiger partial charge < -0.3 is 0 Å². The molecule has 1 heteroatoms. The summed E-state index contributed by atoms with van der Waals surface area (Å²) >= 11 is 5.72. The minimum Gasteiger partial charge on any atom is -0.0843 e. The molecule has 1 aliphatic carbocycles. The Labute approximate surface area is 500 Å². The third-order valence-electron chi connectivity index (χ3n) is 15.1. The van der Waals surface area contributed by atoms with Gasteiger partial charge in [-0.3, -0.25) is 0 Å². The Morgan fingerprint density at radius 2 is 0.797 bits per heavy atom. The SMILES string of the molecule is CC(C)C(C)C.CC(C)C1CCCCC1.CC(C)Cc1ccccc1.CC(C)c1ccc(Cl)cc1.CC(C)c1ccccc1.CCCCCCCCCCC(C)C.Cc1cc(C)c(C(C)C)c(C)c1.Cc1ccc(C(C)C)cc1. The number of hydrogen-bond donors (Lipinski definition) is 0. The summed E-state index contributed by atoms with van der Waals surface area (Å²) in [6, 6.07) is 42.4. The molecule has 1 aliphatic rings. The highest BCUT2D eigenvalue weighted by Crippen LogP contribution is 2.29. The first-order valence-corrected chi connectivity index (χ1v) is 32.6. The van der Waals surface area contributed by atoms with Crippen molar-refractivity contribution >= 4 is 11.6 Å². The fraction of sp³-hybridized carbons (Fsp3) is 0.615. The quantitative estimate of drug-likeness (QED) is 0.0814. The number of unbranched alkanes of at least 4 members (excludes halogenated alkanes) is 7. The highest BCUT2D eigenvalue weighted by molar-refractivity contribution is 6.30. The van der Waals surface area contributed by atoms with Crippen molar-refractivity contribution in [2.75, 3.05) is 0 Å². The zero-order valence-electron chi connectivity index (χ0n) is 56.3. The highest BCUT2D eigenvalue weighted by Gasteiger charge is 2.16. The van der Waals surface area contributed by atoms with Crippen molar-refractivity contribution in [1.29, 1.82) is 0 Å². The van der Waals surface area contributed by atoms with Crippen LogP contribution >= 0.6 is 11.6 Å². The summed E-state index contributed by atoms with van der Waals surface area (Å²) in [4.78, 5) is 0. The molecular weight excluding hydrogens is 972 g/mol. The van der Waals surface area contributed by atoms with Crippen LogP contribution in [0, 0.1) is 63.2 Å². The molecule has 0 heterocycles. The summed E-state index contributed by atoms with van der Waals surface area (Å²) in [5.74, 6) is 7.91. The standard InChI is InChI=1S/C13H28.C12H18.2C10H14.C9H11Cl.C9H18.C9H12.C6H14/c1-4-5-6-7-8-9-10-11-12-13(2)3;1-8(2)12-10(4)6-9(3)7-11(12)5;1-8(2)10-6-4-9(3)5-7-10;1-9(2)8-10-6-4-3-5-7-10;1-7(2)8-3-5-9(10)6-4-8;2*1-8(2)9-6-4-3-5-7-9;1-5(2)6(3)4/h13H,4-12H2,1-3H3;6-8H,1-5H3;4-8H,1-3H3;3-7,9H,8H2,1-2H3;3-7H,1-2H3;8-9H,3-7H2,1-2H3;3-8H,1-2H3;5-6H,1-4H3. The Hall–Kier alpha value is -3.61. The van der Waals surface area contributed by atoms with Crippen molar-refractivity contribution in [3.8, 4) is 0 Å². The lowest BCUT2D eigenvalue weighted by molar-refractivity contribution is 0.279. The van der Waals surface area contributed by atoms with Gasteiger partial charge in [-0.2, -0.15) is 0 Å². The van der Waals surface area contributed by atoms with E-state index < -0.39 is 0 Å². The van der Waals surface area contributed by atoms with E-state index in [9.17, 15) is 0 Å². The van der Waals surface area contributed by atoms with Gasteiger partial charge in [-0.15, -0.1) is 0 Å². The topological polar surface area (TPSA) is 0 Å². The minimum absolute atomic E-state index is 0.595. The first-order chi connectivity index (χ1) is 37.2. The Bertz CT molecular complexity index is 2000. The number of halogens is 1. The summed E-state index contributed by atoms with van der Waals surface area (Å²) in [6.45, 7) is 51.4. The van der Waals surface area contributed by atoms with Crippen molar-refractivity contribution in [3.63, 3.8) is 0 Å². The molecule has 0 spiro atoms. The maximum atomic E-state index is 5.72. The van der Waals surface area contributed by atoms with E-state index in [2.05, 4.69) is 262 Å². The molecule has 0 N–H and O–H groups in total. The van der Waals surface area contributed by atoms with Crippen LogP contribution in [0.15, 0.2) is 121 Å². The number of aryl methyl sites for hydroxylation is 4. The van der Waals surface area contributed by atoms with Gasteiger partial charge in [-0.1, -0.05) is 353 Å². The van der Waals surface area contributed by atoms with Crippen LogP contribution < -0.4 is 0 Å². The van der Waals surface area contributed by atoms with Gasteiger partial charge in [0.1, 0.15) is 0 Å². The van der Waals surface area contributed by atoms with Gasteiger partial charge in [-0.05, 0) is 144 Å². The van der Waals surface area contributed by atoms with E-state index in [0.29, 0.717) is 23.7 Å². The predicted molar refractivity (Wildman–Crippen MR) is 364 cm³/mol. The van der Waals surface area contributed by atoms with Crippen LogP contribution in [-0.2, 0) is 6.42 Å². The van der Waals surface area contributed by atoms with E-state index in [-0.39, 0.29) is 0 Å². The molecule has 0 saturated heterocycles. The summed E-state index contributed by atoms with van der Waals surface area (Å²) in [6.07, 6.45) is 21.7. The third kappa shape index (κ3) is 43.8. The van der Waals surface area contributed by atoms with Crippen LogP contribution in [0.4, 0.5) is 0 Å². The summed E-state index contributed by atoms with van der Waals surface area (Å²) < 4.78 is 0. The molecule has 0 radical (unpaired) electrons. The van der Waals surface area contributed by atoms with Gasteiger partial charge in [0.25, 0.3) is 0 Å². The molecule has 0 aliphatic heterocycles. The van der Waals surface area contributed by atoms with Crippen LogP contribution in [0.1, 0.15) is 295 Å². The second-order valence-corrected chi connectivity index (χ2v) is 26.6. The van der Waals surface area contributed by atoms with E-state index in [1.54, 1.807) is 0 Å². The molecular formula is C78H129Cl. The van der Waals surface area contributed by atoms with Crippen molar-refractivity contribution in [1.82, 2.24) is 0 Å². The first kappa shape index (κ1) is 77.5. The molecule has 0 aromatic heterocycles. The van der Waals surface area contributed by atoms with Crippen LogP contribution in [0.2, 0.25) is 5.02 Å². The summed E-state index contributed by atoms with van der Waals surface area (Å²) in [7, 11) is 0. The molecule has 0 amide bonds. The zero-order valence-corrected chi connectivity index (χ0v) is 57.1. The average Bonchev–Trinajstić information content (AvgIpc) is 3.39. The molecule has 79 heavy (non-hydrogen) atoms. The Balaban J connectivity index is 0. The molecule has 5 aromatic carbocycles. The Kier molecular flexibility index (Phi) is 47.0. The molecule has 1 saturated carbocycles. The molecule has 0 atom stereocenters. The maximum Gasteiger partial charge on any atom is 0.0406 e. The summed E-state index contributed by atoms with van der Waals surface area (Å²) in [5.41, 5.74) is 12.7. The number of hydrogen-bond acceptors (Lipinski definition) is 0. The van der Waals surface area contributed by atoms with E-state index in [1.165, 1.54) is 146 Å². The van der Waals surface area contributed by atoms with E-state index >= 15 is 0 Å². The minimum atomic E-state index is 0.595. The van der Waals surface area contributed by atoms with Crippen LogP contribution in [-0.4, -0.2) is 0 Å². The molecule has 0 unspecified atom stereocenters. The fourth-order valence-electron chi connectivity index (χ4n) is 9.31. The highest BCUT2D eigenvalue weighted by atomic mass is 35.5. The van der Waals surface area contributed by atoms with Gasteiger partial charge in [-0.25, -0.2) is 0 Å². The number of benzene rings is 5. The van der Waals surface area contributed by atoms with Gasteiger partial charge in [0, 0.05) is 5.02 Å². The van der Waals surface area contributed by atoms with E-state index in [1.807, 2.05) is 18.2 Å². The smallest absolute Gasteiger partial charge is 0.0406 e. The van der Waals surface area contributed by atoms with Gasteiger partial charge in [0.15, 0.2) is 0 Å². The Morgan fingerprint density at radius 1 is 0.405 bits per heavy atom. The Morgan fingerprint density at radius 3 is 1.14 bits per heavy atom. The lowest BCUT2D eigenvalue weighted by Gasteiger charge is -2.24. The molecule has 5 aromatic rings. The van der Waals surface area contributed by atoms with Crippen molar-refractivity contribution in [2.24, 2.45) is 35.5 Å². The van der Waals surface area contributed by atoms with Gasteiger partial charge in [0.2, 0.25) is 0 Å². The summed E-state index contributed by atoms with van der Waals surface area (Å²) in [5, 5.41) is 0.810. The fourth-order valence-corrected chi connectivity index (χ4v) is 9.44. The monoisotopic (exact) mass is 1100 g/mol. The van der Waals surface area contributed by atoms with Crippen LogP contribution in [0.5, 0.6) is 0 Å². The van der Waals surface area contributed by atoms with Crippen molar-refractivity contribution in [3.05, 3.63) is 176 Å². The molecule has 6 rings (SSSR count). The van der Waals surface area contributed by atoms with Crippen LogP contribution in [0.3, 0.4) is 0 Å². The predicted octanol–water partition coefficient (Wildman–Crippen LogP) is 26.7. The largest absolute Gasteiger partial charge is 0.0843 e. The lowest BCUT2D eigenvalue weighted by Crippen LogP contribution is -2.12. The zero-order chi connectivity index (χ0) is 60.3. The van der Waals surface area contributed by atoms with Gasteiger partial charge in [0.05, 0.1) is 0 Å². The van der Waals surface area contributed by atoms with Crippen molar-refractivity contribution < 1.29 is 0 Å². The molecule has 0 bridgehead atoms. The molecule has 0 nitrogen and oxygen atoms in total. The normalized spacial score (nSPS) is 12.0. The van der Waals surface area contributed by atoms with E-state index in [0.717, 1.165) is 40.5 Å². The lowest BCUT2D eigenvalue weighted by atomic mass is 9.82. The first-order valence-electron chi connectivity index (χ1n) is 32.2. The third-order valence-corrected chi connectivity index (χ3v) is 15.4. The average molecular weight is 1100 g/mol. The van der Waals surface area contributed by atoms with Crippen molar-refractivity contribution in [2.45, 2.75) is 279 Å². The molecule has 448 valence electrons. The van der Waals surface area contributed by atoms with Crippen LogP contribution in [0.25, 0.3) is 0 Å². The number of rotatable bonds is 17.